The molecule has 0 unspecified atom stereocenters. The predicted molar refractivity (Wildman–Crippen MR) is 134 cm³/mol. The van der Waals surface area contributed by atoms with Crippen LogP contribution in [0.15, 0.2) is 66.7 Å². The van der Waals surface area contributed by atoms with Crippen LogP contribution in [-0.2, 0) is 6.42 Å². The fourth-order valence-electron chi connectivity index (χ4n) is 4.42. The van der Waals surface area contributed by atoms with Crippen molar-refractivity contribution in [2.45, 2.75) is 45.4 Å². The Kier molecular flexibility index (Phi) is 7.56. The number of methoxy groups -OCH3 is 1. The molecule has 0 atom stereocenters. The average molecular weight is 463 g/mol. The Morgan fingerprint density at radius 1 is 0.676 bits per heavy atom. The van der Waals surface area contributed by atoms with Crippen molar-refractivity contribution in [3.63, 3.8) is 0 Å². The smallest absolute Gasteiger partial charge is 0.190 e. The summed E-state index contributed by atoms with van der Waals surface area (Å²) in [4.78, 5) is 0. The van der Waals surface area contributed by atoms with Crippen molar-refractivity contribution >= 4 is 10.8 Å². The predicted octanol–water partition coefficient (Wildman–Crippen LogP) is 9.11. The zero-order valence-electron chi connectivity index (χ0n) is 19.6. The van der Waals surface area contributed by atoms with Crippen LogP contribution in [0, 0.1) is 17.5 Å². The third-order valence-corrected chi connectivity index (χ3v) is 6.32. The van der Waals surface area contributed by atoms with Gasteiger partial charge in [0.25, 0.3) is 0 Å². The van der Waals surface area contributed by atoms with E-state index in [0.717, 1.165) is 18.2 Å². The minimum absolute atomic E-state index is 0.263. The van der Waals surface area contributed by atoms with Crippen LogP contribution in [0.5, 0.6) is 5.75 Å². The number of hydrogen-bond donors (Lipinski definition) is 0. The third-order valence-electron chi connectivity index (χ3n) is 6.32. The number of fused-ring (bicyclic) bond motifs is 1. The Balaban J connectivity index is 1.55. The normalized spacial score (nSPS) is 11.2. The van der Waals surface area contributed by atoms with Crippen LogP contribution in [0.1, 0.15) is 44.6 Å². The van der Waals surface area contributed by atoms with Gasteiger partial charge in [0.2, 0.25) is 0 Å². The van der Waals surface area contributed by atoms with Crippen LogP contribution in [0.25, 0.3) is 33.0 Å². The Labute approximate surface area is 199 Å². The zero-order chi connectivity index (χ0) is 24.1. The van der Waals surface area contributed by atoms with E-state index in [0.29, 0.717) is 27.6 Å². The molecule has 0 fully saturated rings. The number of ether oxygens (including phenoxy) is 1. The van der Waals surface area contributed by atoms with Gasteiger partial charge in [-0.15, -0.1) is 0 Å². The molecule has 0 radical (unpaired) electrons. The molecule has 176 valence electrons. The Morgan fingerprint density at radius 2 is 1.35 bits per heavy atom. The lowest BCUT2D eigenvalue weighted by molar-refractivity contribution is 0.360. The molecule has 0 saturated heterocycles. The second-order valence-corrected chi connectivity index (χ2v) is 8.70. The zero-order valence-corrected chi connectivity index (χ0v) is 19.6. The molecule has 1 nitrogen and oxygen atoms in total. The first-order valence-corrected chi connectivity index (χ1v) is 11.9. The van der Waals surface area contributed by atoms with Gasteiger partial charge in [0, 0.05) is 10.9 Å². The molecule has 0 heterocycles. The molecule has 0 N–H and O–H groups in total. The highest BCUT2D eigenvalue weighted by Gasteiger charge is 2.14. The molecule has 0 saturated carbocycles. The molecule has 0 aliphatic rings. The van der Waals surface area contributed by atoms with E-state index in [2.05, 4.69) is 13.0 Å². The first kappa shape index (κ1) is 23.9. The largest absolute Gasteiger partial charge is 0.491 e. The third kappa shape index (κ3) is 5.11. The summed E-state index contributed by atoms with van der Waals surface area (Å²) in [6.45, 7) is 2.21. The maximum absolute atomic E-state index is 15.4. The maximum atomic E-state index is 15.4. The summed E-state index contributed by atoms with van der Waals surface area (Å²) in [6.07, 6.45) is 7.17. The topological polar surface area (TPSA) is 9.23 Å². The number of unbranched alkanes of at least 4 members (excludes halogenated alkanes) is 4. The van der Waals surface area contributed by atoms with Gasteiger partial charge in [-0.3, -0.25) is 0 Å². The number of hydrogen-bond acceptors (Lipinski definition) is 1. The molecule has 4 rings (SSSR count). The monoisotopic (exact) mass is 462 g/mol. The van der Waals surface area contributed by atoms with E-state index in [4.69, 9.17) is 4.74 Å². The summed E-state index contributed by atoms with van der Waals surface area (Å²) in [6, 6.07) is 19.2. The van der Waals surface area contributed by atoms with Crippen molar-refractivity contribution in [1.29, 1.82) is 0 Å². The molecule has 0 bridgehead atoms. The van der Waals surface area contributed by atoms with Gasteiger partial charge in [-0.2, -0.15) is 0 Å². The molecule has 0 aromatic heterocycles. The van der Waals surface area contributed by atoms with Gasteiger partial charge in [0.1, 0.15) is 5.82 Å². The lowest BCUT2D eigenvalue weighted by atomic mass is 9.96. The van der Waals surface area contributed by atoms with E-state index in [1.807, 2.05) is 18.2 Å². The van der Waals surface area contributed by atoms with E-state index >= 15 is 4.39 Å². The molecule has 0 spiro atoms. The fraction of sp³-hybridized carbons (Fsp3) is 0.267. The molecule has 4 aromatic carbocycles. The van der Waals surface area contributed by atoms with E-state index < -0.39 is 17.4 Å². The minimum Gasteiger partial charge on any atom is -0.491 e. The lowest BCUT2D eigenvalue weighted by Crippen LogP contribution is -1.94. The SMILES string of the molecule is CCCCCCCc1ccc2c(F)c(-c3ccc(-c4cc(F)c(OC)c(F)c4)cc3)ccc2c1. The first-order chi connectivity index (χ1) is 16.5. The standard InChI is InChI=1S/C30H29F3O/c1-3-4-5-6-7-8-20-9-15-26-23(17-20)14-16-25(29(26)33)22-12-10-21(11-13-22)24-18-27(31)30(34-2)28(32)19-24/h9-19H,3-8H2,1-2H3. The van der Waals surface area contributed by atoms with Gasteiger partial charge >= 0.3 is 0 Å². The average Bonchev–Trinajstić information content (AvgIpc) is 2.84. The lowest BCUT2D eigenvalue weighted by Gasteiger charge is -2.11. The van der Waals surface area contributed by atoms with Crippen molar-refractivity contribution in [3.05, 3.63) is 89.7 Å². The molecule has 0 aliphatic heterocycles. The minimum atomic E-state index is -0.762. The van der Waals surface area contributed by atoms with Gasteiger partial charge in [-0.05, 0) is 52.6 Å². The molecule has 0 aliphatic carbocycles. The molecular weight excluding hydrogens is 433 g/mol. The second kappa shape index (κ2) is 10.8. The van der Waals surface area contributed by atoms with Gasteiger partial charge in [0.05, 0.1) is 7.11 Å². The van der Waals surface area contributed by atoms with Crippen molar-refractivity contribution in [2.75, 3.05) is 7.11 Å². The summed E-state index contributed by atoms with van der Waals surface area (Å²) < 4.78 is 48.3. The molecular formula is C30H29F3O. The molecule has 4 aromatic rings. The number of rotatable bonds is 9. The van der Waals surface area contributed by atoms with Gasteiger partial charge < -0.3 is 4.74 Å². The van der Waals surface area contributed by atoms with Gasteiger partial charge in [-0.1, -0.05) is 87.2 Å². The molecule has 4 heteroatoms. The van der Waals surface area contributed by atoms with Gasteiger partial charge in [0.15, 0.2) is 17.4 Å². The second-order valence-electron chi connectivity index (χ2n) is 8.70. The Hall–Kier alpha value is -3.27. The van der Waals surface area contributed by atoms with Crippen molar-refractivity contribution in [3.8, 4) is 28.0 Å². The van der Waals surface area contributed by atoms with Crippen molar-refractivity contribution in [2.24, 2.45) is 0 Å². The Morgan fingerprint density at radius 3 is 2.03 bits per heavy atom. The summed E-state index contributed by atoms with van der Waals surface area (Å²) in [5.74, 6) is -2.19. The van der Waals surface area contributed by atoms with Crippen LogP contribution in [-0.4, -0.2) is 7.11 Å². The van der Waals surface area contributed by atoms with Crippen LogP contribution in [0.2, 0.25) is 0 Å². The van der Waals surface area contributed by atoms with Crippen LogP contribution in [0.4, 0.5) is 13.2 Å². The summed E-state index contributed by atoms with van der Waals surface area (Å²) >= 11 is 0. The molecule has 34 heavy (non-hydrogen) atoms. The van der Waals surface area contributed by atoms with Crippen LogP contribution >= 0.6 is 0 Å². The highest BCUT2D eigenvalue weighted by Crippen LogP contribution is 2.33. The summed E-state index contributed by atoms with van der Waals surface area (Å²) in [5.41, 5.74) is 3.47. The number of aryl methyl sites for hydroxylation is 1. The number of halogens is 3. The first-order valence-electron chi connectivity index (χ1n) is 11.9. The van der Waals surface area contributed by atoms with Gasteiger partial charge in [-0.25, -0.2) is 13.2 Å². The maximum Gasteiger partial charge on any atom is 0.190 e. The highest BCUT2D eigenvalue weighted by atomic mass is 19.1. The fourth-order valence-corrected chi connectivity index (χ4v) is 4.42. The molecule has 0 amide bonds. The van der Waals surface area contributed by atoms with Crippen LogP contribution in [0.3, 0.4) is 0 Å². The highest BCUT2D eigenvalue weighted by molar-refractivity contribution is 5.89. The summed E-state index contributed by atoms with van der Waals surface area (Å²) in [5, 5.41) is 1.49. The van der Waals surface area contributed by atoms with Crippen molar-refractivity contribution < 1.29 is 17.9 Å². The number of benzene rings is 4. The van der Waals surface area contributed by atoms with E-state index in [1.54, 1.807) is 30.3 Å². The summed E-state index contributed by atoms with van der Waals surface area (Å²) in [7, 11) is 1.23. The van der Waals surface area contributed by atoms with E-state index in [1.165, 1.54) is 50.5 Å². The Bertz CT molecular complexity index is 1260. The quantitative estimate of drug-likeness (QED) is 0.225. The van der Waals surface area contributed by atoms with E-state index in [-0.39, 0.29) is 5.82 Å². The van der Waals surface area contributed by atoms with E-state index in [9.17, 15) is 8.78 Å². The van der Waals surface area contributed by atoms with Crippen LogP contribution < -0.4 is 4.74 Å². The van der Waals surface area contributed by atoms with Crippen molar-refractivity contribution in [1.82, 2.24) is 0 Å².